The molecule has 19 heteroatoms. The van der Waals surface area contributed by atoms with Crippen molar-refractivity contribution in [2.75, 3.05) is 0 Å². The van der Waals surface area contributed by atoms with Gasteiger partial charge < -0.3 is 33.0 Å². The average Bonchev–Trinajstić information content (AvgIpc) is 3.70. The fourth-order valence-electron chi connectivity index (χ4n) is 5.30. The molecule has 1 aliphatic rings. The van der Waals surface area contributed by atoms with Crippen LogP contribution in [0.5, 0.6) is 0 Å². The lowest BCUT2D eigenvalue weighted by atomic mass is 10.0. The fraction of sp³-hybridized carbons (Fsp3) is 0.361. The van der Waals surface area contributed by atoms with Crippen molar-refractivity contribution in [1.82, 2.24) is 9.58 Å². The second kappa shape index (κ2) is 19.6. The van der Waals surface area contributed by atoms with Gasteiger partial charge in [-0.05, 0) is 23.3 Å². The predicted octanol–water partition coefficient (Wildman–Crippen LogP) is 4.07. The highest BCUT2D eigenvalue weighted by Gasteiger charge is 2.47. The second-order valence-corrected chi connectivity index (χ2v) is 13.6. The third kappa shape index (κ3) is 12.4. The van der Waals surface area contributed by atoms with Crippen molar-refractivity contribution in [2.24, 2.45) is 15.3 Å². The Morgan fingerprint density at radius 3 is 1.96 bits per heavy atom. The number of hydrazone groups is 1. The van der Waals surface area contributed by atoms with Crippen molar-refractivity contribution in [2.45, 2.75) is 85.3 Å². The van der Waals surface area contributed by atoms with Gasteiger partial charge in [-0.1, -0.05) is 58.4 Å². The molecule has 292 valence electrons. The van der Waals surface area contributed by atoms with Gasteiger partial charge in [0.25, 0.3) is 6.29 Å². The lowest BCUT2D eigenvalue weighted by Gasteiger charge is -2.35. The topological polar surface area (TPSA) is 203 Å². The van der Waals surface area contributed by atoms with Crippen LogP contribution in [0.4, 0.5) is 0 Å². The van der Waals surface area contributed by atoms with E-state index in [1.807, 2.05) is 60.0 Å². The van der Waals surface area contributed by atoms with E-state index in [1.165, 1.54) is 18.3 Å². The van der Waals surface area contributed by atoms with Crippen LogP contribution in [0.1, 0.15) is 53.5 Å². The van der Waals surface area contributed by atoms with Gasteiger partial charge in [-0.15, -0.1) is 21.5 Å². The summed E-state index contributed by atoms with van der Waals surface area (Å²) >= 11 is 4.72. The number of amides is 1. The Bertz CT molecular complexity index is 2000. The molecule has 4 rings (SSSR count). The van der Waals surface area contributed by atoms with Gasteiger partial charge in [0, 0.05) is 57.8 Å². The number of carbonyl (C=O) groups is 6. The molecule has 0 fully saturated rings. The molecule has 0 saturated carbocycles. The molecule has 2 heterocycles. The van der Waals surface area contributed by atoms with E-state index in [4.69, 9.17) is 28.4 Å². The van der Waals surface area contributed by atoms with Crippen LogP contribution in [0.15, 0.2) is 79.8 Å². The molecule has 4 atom stereocenters. The summed E-state index contributed by atoms with van der Waals surface area (Å²) in [5, 5.41) is 16.0. The first-order chi connectivity index (χ1) is 26.1. The van der Waals surface area contributed by atoms with Crippen molar-refractivity contribution in [3.63, 3.8) is 0 Å². The van der Waals surface area contributed by atoms with Crippen LogP contribution >= 0.6 is 27.3 Å². The number of carbonyl (C=O) groups excluding carboxylic acids is 6. The molecule has 17 nitrogen and oxygen atoms in total. The van der Waals surface area contributed by atoms with Crippen molar-refractivity contribution >= 4 is 75.1 Å². The molecule has 1 aromatic heterocycles. The number of benzene rings is 2. The van der Waals surface area contributed by atoms with Crippen LogP contribution in [0.25, 0.3) is 11.3 Å². The lowest BCUT2D eigenvalue weighted by molar-refractivity contribution is -0.237. The summed E-state index contributed by atoms with van der Waals surface area (Å²) in [5.74, 6) is -5.16. The number of ether oxygens (including phenoxy) is 6. The quantitative estimate of drug-likeness (QED) is 0.0699. The highest BCUT2D eigenvalue weighted by molar-refractivity contribution is 9.10. The molecular formula is C36H38BrN5O12S. The summed E-state index contributed by atoms with van der Waals surface area (Å²) in [6.45, 7) is 6.30. The van der Waals surface area contributed by atoms with Gasteiger partial charge in [-0.2, -0.15) is 10.1 Å². The van der Waals surface area contributed by atoms with Crippen LogP contribution < -0.4 is 4.80 Å². The largest absolute Gasteiger partial charge is 0.458 e. The van der Waals surface area contributed by atoms with Gasteiger partial charge in [0.15, 0.2) is 6.10 Å². The van der Waals surface area contributed by atoms with Crippen LogP contribution in [-0.4, -0.2) is 88.3 Å². The zero-order valence-corrected chi connectivity index (χ0v) is 33.0. The van der Waals surface area contributed by atoms with Gasteiger partial charge >= 0.3 is 29.8 Å². The van der Waals surface area contributed by atoms with Crippen molar-refractivity contribution < 1.29 is 57.2 Å². The summed E-state index contributed by atoms with van der Waals surface area (Å²) < 4.78 is 35.6. The Morgan fingerprint density at radius 1 is 0.818 bits per heavy atom. The Balaban J connectivity index is 1.72. The van der Waals surface area contributed by atoms with Gasteiger partial charge in [-0.3, -0.25) is 28.8 Å². The summed E-state index contributed by atoms with van der Waals surface area (Å²) in [5.41, 5.74) is 2.41. The third-order valence-corrected chi connectivity index (χ3v) is 8.73. The molecule has 3 aromatic rings. The van der Waals surface area contributed by atoms with Crippen molar-refractivity contribution in [3.8, 4) is 11.3 Å². The average molecular weight is 845 g/mol. The van der Waals surface area contributed by atoms with Crippen LogP contribution in [0.3, 0.4) is 0 Å². The van der Waals surface area contributed by atoms with Crippen molar-refractivity contribution in [1.29, 1.82) is 0 Å². The molecule has 55 heavy (non-hydrogen) atoms. The Morgan fingerprint density at radius 2 is 1.40 bits per heavy atom. The lowest BCUT2D eigenvalue weighted by Crippen LogP contribution is -2.54. The van der Waals surface area contributed by atoms with E-state index in [0.29, 0.717) is 4.80 Å². The zero-order chi connectivity index (χ0) is 40.2. The normalized spacial score (nSPS) is 15.8. The number of thiazole rings is 1. The SMILES string of the molecule is CC(=O)OC(OC(C)=O)[C@@H](OC(C)=O)[C@H](OC(C)=O)[C@@H](CC1OC(Cn2c(-c3ccccc3)cs/c2=N/N=C/c2ccc(Br)cc2)=NN1C(C)=O)OC(C)=O. The minimum Gasteiger partial charge on any atom is -0.458 e. The first-order valence-corrected chi connectivity index (χ1v) is 18.2. The highest BCUT2D eigenvalue weighted by atomic mass is 79.9. The van der Waals surface area contributed by atoms with E-state index >= 15 is 0 Å². The van der Waals surface area contributed by atoms with Crippen LogP contribution in [0, 0.1) is 0 Å². The number of nitrogens with zero attached hydrogens (tertiary/aromatic N) is 5. The van der Waals surface area contributed by atoms with E-state index in [-0.39, 0.29) is 12.4 Å². The minimum atomic E-state index is -1.94. The molecule has 0 saturated heterocycles. The maximum atomic E-state index is 13.0. The Labute approximate surface area is 327 Å². The van der Waals surface area contributed by atoms with Gasteiger partial charge in [0.05, 0.1) is 11.9 Å². The first-order valence-electron chi connectivity index (χ1n) is 16.6. The molecule has 0 aliphatic carbocycles. The van der Waals surface area contributed by atoms with E-state index in [1.54, 1.807) is 10.8 Å². The summed E-state index contributed by atoms with van der Waals surface area (Å²) in [7, 11) is 0. The molecule has 1 unspecified atom stereocenters. The molecule has 0 N–H and O–H groups in total. The number of rotatable bonds is 15. The summed E-state index contributed by atoms with van der Waals surface area (Å²) in [6, 6.07) is 16.9. The van der Waals surface area contributed by atoms with Gasteiger partial charge in [0.1, 0.15) is 12.6 Å². The molecule has 0 spiro atoms. The zero-order valence-electron chi connectivity index (χ0n) is 30.6. The Kier molecular flexibility index (Phi) is 15.0. The number of hydrogen-bond acceptors (Lipinski definition) is 16. The predicted molar refractivity (Wildman–Crippen MR) is 198 cm³/mol. The van der Waals surface area contributed by atoms with Gasteiger partial charge in [0.2, 0.25) is 28.9 Å². The third-order valence-electron chi connectivity index (χ3n) is 7.35. The fourth-order valence-corrected chi connectivity index (χ4v) is 6.43. The van der Waals surface area contributed by atoms with E-state index in [2.05, 4.69) is 31.2 Å². The van der Waals surface area contributed by atoms with Crippen LogP contribution in [-0.2, 0) is 63.7 Å². The summed E-state index contributed by atoms with van der Waals surface area (Å²) in [6.07, 6.45) is -7.22. The number of hydrogen-bond donors (Lipinski definition) is 0. The van der Waals surface area contributed by atoms with Gasteiger partial charge in [-0.25, -0.2) is 0 Å². The maximum Gasteiger partial charge on any atom is 0.305 e. The molecule has 2 aromatic carbocycles. The maximum absolute atomic E-state index is 13.0. The smallest absolute Gasteiger partial charge is 0.305 e. The molecule has 1 aliphatic heterocycles. The first kappa shape index (κ1) is 42.1. The molecule has 0 bridgehead atoms. The second-order valence-electron chi connectivity index (χ2n) is 11.8. The minimum absolute atomic E-state index is 0.0384. The van der Waals surface area contributed by atoms with E-state index in [0.717, 1.165) is 60.9 Å². The Hall–Kier alpha value is -5.69. The number of aromatic nitrogens is 1. The highest BCUT2D eigenvalue weighted by Crippen LogP contribution is 2.28. The van der Waals surface area contributed by atoms with Crippen molar-refractivity contribution in [3.05, 3.63) is 74.8 Å². The number of halogens is 1. The summed E-state index contributed by atoms with van der Waals surface area (Å²) in [4.78, 5) is 74.6. The molecule has 0 radical (unpaired) electrons. The molecule has 1 amide bonds. The van der Waals surface area contributed by atoms with Crippen LogP contribution in [0.2, 0.25) is 0 Å². The monoisotopic (exact) mass is 843 g/mol. The molecular weight excluding hydrogens is 806 g/mol. The standard InChI is InChI=1S/C36H38BrN5O12S/c1-20(43)42-32(16-30(49-21(2)44)33(50-22(3)45)34(51-23(4)46)35(52-24(5)47)53-25(6)48)54-31(40-42)18-41-29(27-10-8-7-9-11-27)19-55-36(41)39-38-17-26-12-14-28(37)15-13-26/h7-15,17,19,30,32-35H,16,18H2,1-6H3/b38-17+,39-36+/t30-,32?,33-,34+/m1/s1. The number of esters is 5. The van der Waals surface area contributed by atoms with E-state index in [9.17, 15) is 28.8 Å². The van der Waals surface area contributed by atoms with E-state index < -0.39 is 73.0 Å².